The van der Waals surface area contributed by atoms with E-state index in [1.807, 2.05) is 20.8 Å². The summed E-state index contributed by atoms with van der Waals surface area (Å²) in [6, 6.07) is -0.364. The highest BCUT2D eigenvalue weighted by Crippen LogP contribution is 2.26. The van der Waals surface area contributed by atoms with Gasteiger partial charge in [-0.25, -0.2) is 9.78 Å². The van der Waals surface area contributed by atoms with E-state index < -0.39 is 5.97 Å². The van der Waals surface area contributed by atoms with Crippen LogP contribution < -0.4 is 5.11 Å². The fraction of sp³-hybridized carbons (Fsp3) is 0.800. The minimum atomic E-state index is -1.21. The van der Waals surface area contributed by atoms with Crippen molar-refractivity contribution < 1.29 is 19.2 Å². The van der Waals surface area contributed by atoms with Gasteiger partial charge in [0.2, 0.25) is 0 Å². The van der Waals surface area contributed by atoms with E-state index in [-0.39, 0.29) is 22.4 Å². The van der Waals surface area contributed by atoms with Crippen LogP contribution in [-0.2, 0) is 10.2 Å². The summed E-state index contributed by atoms with van der Waals surface area (Å²) in [5.41, 5.74) is -0.283. The highest BCUT2D eigenvalue weighted by Gasteiger charge is 2.27. The van der Waals surface area contributed by atoms with Crippen LogP contribution in [0.5, 0.6) is 0 Å². The molecule has 0 N–H and O–H groups in total. The molecule has 1 aromatic heterocycles. The van der Waals surface area contributed by atoms with E-state index in [2.05, 4.69) is 37.8 Å². The summed E-state index contributed by atoms with van der Waals surface area (Å²) in [6.07, 6.45) is 0.803. The zero-order valence-corrected chi connectivity index (χ0v) is 20.4. The summed E-state index contributed by atoms with van der Waals surface area (Å²) < 4.78 is 2.42. The van der Waals surface area contributed by atoms with Crippen LogP contribution in [-0.4, -0.2) is 82.2 Å². The van der Waals surface area contributed by atoms with Gasteiger partial charge in [-0.2, -0.15) is 4.68 Å². The highest BCUT2D eigenvalue weighted by atomic mass is 32.2. The Morgan fingerprint density at radius 1 is 1.07 bits per heavy atom. The Kier molecular flexibility index (Phi) is 11.5. The van der Waals surface area contributed by atoms with Crippen LogP contribution in [0, 0.1) is 0 Å². The number of nitrogens with zero attached hydrogens (tertiary/aromatic N) is 5. The van der Waals surface area contributed by atoms with E-state index in [1.54, 1.807) is 14.1 Å². The van der Waals surface area contributed by atoms with Crippen molar-refractivity contribution in [3.05, 3.63) is 5.82 Å². The number of aromatic nitrogens is 3. The second kappa shape index (κ2) is 12.2. The first-order chi connectivity index (χ1) is 13.4. The maximum Gasteiger partial charge on any atom is 0.346 e. The van der Waals surface area contributed by atoms with Gasteiger partial charge in [-0.15, -0.1) is 5.10 Å². The molecule has 0 bridgehead atoms. The normalized spacial score (nSPS) is 11.6. The number of quaternary nitrogens is 1. The zero-order valence-electron chi connectivity index (χ0n) is 19.6. The number of carboxylic acids is 1. The summed E-state index contributed by atoms with van der Waals surface area (Å²) in [6.45, 7) is 20.2. The fourth-order valence-electron chi connectivity index (χ4n) is 2.62. The second-order valence-electron chi connectivity index (χ2n) is 7.81. The molecule has 0 aliphatic rings. The van der Waals surface area contributed by atoms with Gasteiger partial charge in [0.15, 0.2) is 11.0 Å². The molecule has 0 aliphatic carbocycles. The van der Waals surface area contributed by atoms with E-state index >= 15 is 0 Å². The van der Waals surface area contributed by atoms with Crippen molar-refractivity contribution in [2.24, 2.45) is 0 Å². The van der Waals surface area contributed by atoms with Crippen LogP contribution in [0.1, 0.15) is 60.7 Å². The largest absolute Gasteiger partial charge is 0.549 e. The standard InChI is InChI=1S/C12H20N4O3S.C8H20N/c1-6-12(2,3)9-13-10(20-7-8(17)18)16(14-9)11(19)15(4)5;1-5-9(6-2,7-3)8-4/h6-7H2,1-5H3,(H,17,18);5-8H2,1-4H3/q;+1/p-1. The highest BCUT2D eigenvalue weighted by molar-refractivity contribution is 7.99. The number of hydrogen-bond acceptors (Lipinski definition) is 6. The van der Waals surface area contributed by atoms with Crippen molar-refractivity contribution in [3.8, 4) is 0 Å². The lowest BCUT2D eigenvalue weighted by Gasteiger charge is -2.34. The van der Waals surface area contributed by atoms with Gasteiger partial charge in [-0.05, 0) is 34.1 Å². The monoisotopic (exact) mass is 429 g/mol. The smallest absolute Gasteiger partial charge is 0.346 e. The molecular weight excluding hydrogens is 390 g/mol. The van der Waals surface area contributed by atoms with E-state index in [0.717, 1.165) is 22.9 Å². The van der Waals surface area contributed by atoms with Crippen molar-refractivity contribution in [1.82, 2.24) is 19.7 Å². The topological polar surface area (TPSA) is 91.1 Å². The quantitative estimate of drug-likeness (QED) is 0.442. The Labute approximate surface area is 180 Å². The summed E-state index contributed by atoms with van der Waals surface area (Å²) >= 11 is 0.928. The lowest BCUT2D eigenvalue weighted by Crippen LogP contribution is -2.47. The van der Waals surface area contributed by atoms with Crippen LogP contribution >= 0.6 is 11.8 Å². The molecule has 1 heterocycles. The van der Waals surface area contributed by atoms with Gasteiger partial charge < -0.3 is 19.3 Å². The van der Waals surface area contributed by atoms with E-state index in [0.29, 0.717) is 5.82 Å². The first kappa shape index (κ1) is 27.4. The number of thioether (sulfide) groups is 1. The molecule has 1 rings (SSSR count). The average molecular weight is 430 g/mol. The fourth-order valence-corrected chi connectivity index (χ4v) is 3.25. The van der Waals surface area contributed by atoms with Gasteiger partial charge in [-0.3, -0.25) is 0 Å². The van der Waals surface area contributed by atoms with E-state index in [4.69, 9.17) is 0 Å². The van der Waals surface area contributed by atoms with Crippen LogP contribution in [0.4, 0.5) is 4.79 Å². The average Bonchev–Trinajstić information content (AvgIpc) is 3.13. The Hall–Kier alpha value is -1.61. The van der Waals surface area contributed by atoms with Crippen molar-refractivity contribution in [2.75, 3.05) is 46.0 Å². The number of amides is 1. The molecule has 29 heavy (non-hydrogen) atoms. The zero-order chi connectivity index (χ0) is 22.8. The number of carboxylic acid groups (broad SMARTS) is 1. The van der Waals surface area contributed by atoms with Gasteiger partial charge in [0.05, 0.1) is 32.1 Å². The Morgan fingerprint density at radius 3 is 1.86 bits per heavy atom. The first-order valence-corrected chi connectivity index (χ1v) is 11.3. The van der Waals surface area contributed by atoms with Crippen molar-refractivity contribution in [1.29, 1.82) is 0 Å². The Morgan fingerprint density at radius 2 is 1.55 bits per heavy atom. The third kappa shape index (κ3) is 7.97. The predicted molar refractivity (Wildman–Crippen MR) is 116 cm³/mol. The summed E-state index contributed by atoms with van der Waals surface area (Å²) in [4.78, 5) is 28.3. The summed E-state index contributed by atoms with van der Waals surface area (Å²) in [7, 11) is 3.20. The van der Waals surface area contributed by atoms with Crippen molar-refractivity contribution in [3.63, 3.8) is 0 Å². The molecule has 0 radical (unpaired) electrons. The summed E-state index contributed by atoms with van der Waals surface area (Å²) in [5, 5.41) is 15.1. The van der Waals surface area contributed by atoms with Crippen LogP contribution in [0.25, 0.3) is 0 Å². The molecule has 0 atom stereocenters. The molecule has 0 saturated carbocycles. The minimum absolute atomic E-state index is 0.268. The molecule has 0 saturated heterocycles. The van der Waals surface area contributed by atoms with E-state index in [9.17, 15) is 14.7 Å². The van der Waals surface area contributed by atoms with Crippen LogP contribution in [0.2, 0.25) is 0 Å². The molecule has 0 fully saturated rings. The second-order valence-corrected chi connectivity index (χ2v) is 8.75. The molecule has 9 heteroatoms. The summed E-state index contributed by atoms with van der Waals surface area (Å²) in [5.74, 6) is -0.958. The number of rotatable bonds is 9. The Bertz CT molecular complexity index is 637. The van der Waals surface area contributed by atoms with Crippen LogP contribution in [0.3, 0.4) is 0 Å². The van der Waals surface area contributed by atoms with Crippen LogP contribution in [0.15, 0.2) is 5.16 Å². The number of carbonyl (C=O) groups is 2. The Balaban J connectivity index is 0.000000734. The number of aliphatic carboxylic acids is 1. The van der Waals surface area contributed by atoms with Crippen molar-refractivity contribution in [2.45, 2.75) is 65.5 Å². The van der Waals surface area contributed by atoms with Gasteiger partial charge in [0.25, 0.3) is 0 Å². The van der Waals surface area contributed by atoms with Gasteiger partial charge in [-0.1, -0.05) is 32.5 Å². The molecular formula is C20H39N5O3S. The van der Waals surface area contributed by atoms with Gasteiger partial charge >= 0.3 is 6.03 Å². The minimum Gasteiger partial charge on any atom is -0.549 e. The molecule has 0 unspecified atom stereocenters. The lowest BCUT2D eigenvalue weighted by atomic mass is 9.90. The predicted octanol–water partition coefficient (Wildman–Crippen LogP) is 2.22. The third-order valence-corrected chi connectivity index (χ3v) is 6.54. The maximum atomic E-state index is 12.0. The SMILES string of the molecule is CCC(C)(C)c1nc(SCC(=O)[O-])n(C(=O)N(C)C)n1.CC[N+](CC)(CC)CC. The number of carbonyl (C=O) groups excluding carboxylic acids is 2. The molecule has 8 nitrogen and oxygen atoms in total. The maximum absolute atomic E-state index is 12.0. The molecule has 1 aromatic rings. The molecule has 168 valence electrons. The van der Waals surface area contributed by atoms with Crippen molar-refractivity contribution >= 4 is 23.8 Å². The molecule has 0 aliphatic heterocycles. The molecule has 0 aromatic carbocycles. The molecule has 0 spiro atoms. The number of hydrogen-bond donors (Lipinski definition) is 0. The van der Waals surface area contributed by atoms with Gasteiger partial charge in [0, 0.05) is 25.3 Å². The molecule has 1 amide bonds. The third-order valence-electron chi connectivity index (χ3n) is 5.63. The van der Waals surface area contributed by atoms with Gasteiger partial charge in [0.1, 0.15) is 0 Å². The lowest BCUT2D eigenvalue weighted by molar-refractivity contribution is -0.921. The first-order valence-electron chi connectivity index (χ1n) is 10.3. The van der Waals surface area contributed by atoms with E-state index in [1.165, 1.54) is 35.6 Å².